The fourth-order valence-corrected chi connectivity index (χ4v) is 3.01. The monoisotopic (exact) mass is 357 g/mol. The summed E-state index contributed by atoms with van der Waals surface area (Å²) >= 11 is 0. The smallest absolute Gasteiger partial charge is 0.339 e. The fraction of sp³-hybridized carbons (Fsp3) is 0.400. The minimum atomic E-state index is -0.416. The Labute approximate surface area is 152 Å². The molecule has 26 heavy (non-hydrogen) atoms. The molecule has 1 saturated heterocycles. The Bertz CT molecular complexity index is 821. The first kappa shape index (κ1) is 18.0. The number of hydrogen-bond donors (Lipinski definition) is 0. The van der Waals surface area contributed by atoms with Crippen molar-refractivity contribution in [3.63, 3.8) is 0 Å². The van der Waals surface area contributed by atoms with E-state index in [4.69, 9.17) is 13.9 Å². The van der Waals surface area contributed by atoms with E-state index in [1.54, 1.807) is 17.9 Å². The average molecular weight is 357 g/mol. The molecule has 3 rings (SSSR count). The van der Waals surface area contributed by atoms with Crippen molar-refractivity contribution in [1.29, 1.82) is 0 Å². The van der Waals surface area contributed by atoms with Gasteiger partial charge in [0.1, 0.15) is 23.4 Å². The van der Waals surface area contributed by atoms with Crippen LogP contribution in [0, 0.1) is 13.8 Å². The molecule has 0 bridgehead atoms. The van der Waals surface area contributed by atoms with E-state index in [1.807, 2.05) is 31.2 Å². The van der Waals surface area contributed by atoms with Gasteiger partial charge in [-0.15, -0.1) is 0 Å². The lowest BCUT2D eigenvalue weighted by Gasteiger charge is -2.32. The molecule has 1 fully saturated rings. The number of ether oxygens (including phenoxy) is 2. The first-order valence-electron chi connectivity index (χ1n) is 8.76. The Hall–Kier alpha value is -2.76. The van der Waals surface area contributed by atoms with Crippen LogP contribution in [0.2, 0.25) is 0 Å². The summed E-state index contributed by atoms with van der Waals surface area (Å²) in [4.78, 5) is 25.5. The first-order valence-corrected chi connectivity index (χ1v) is 8.76. The third kappa shape index (κ3) is 4.65. The van der Waals surface area contributed by atoms with E-state index in [0.717, 1.165) is 24.2 Å². The van der Waals surface area contributed by atoms with Gasteiger partial charge in [-0.25, -0.2) is 4.79 Å². The lowest BCUT2D eigenvalue weighted by Crippen LogP contribution is -2.43. The van der Waals surface area contributed by atoms with Gasteiger partial charge in [0.2, 0.25) is 0 Å². The number of carbonyl (C=O) groups is 1. The van der Waals surface area contributed by atoms with Gasteiger partial charge in [0.05, 0.1) is 6.07 Å². The van der Waals surface area contributed by atoms with Crippen LogP contribution >= 0.6 is 0 Å². The van der Waals surface area contributed by atoms with E-state index >= 15 is 0 Å². The summed E-state index contributed by atoms with van der Waals surface area (Å²) in [5.41, 5.74) is 0.594. The number of hydrogen-bond acceptors (Lipinski definition) is 5. The molecule has 0 N–H and O–H groups in total. The lowest BCUT2D eigenvalue weighted by molar-refractivity contribution is -0.135. The zero-order valence-electron chi connectivity index (χ0n) is 15.1. The molecule has 6 heteroatoms. The molecule has 0 saturated carbocycles. The SMILES string of the molecule is Cc1cc(OC2CCN(C(=O)COc3ccccc3C)CC2)cc(=O)o1. The Morgan fingerprint density at radius 3 is 2.62 bits per heavy atom. The van der Waals surface area contributed by atoms with Crippen molar-refractivity contribution in [2.45, 2.75) is 32.8 Å². The minimum Gasteiger partial charge on any atom is -0.490 e. The highest BCUT2D eigenvalue weighted by atomic mass is 16.5. The highest BCUT2D eigenvalue weighted by Gasteiger charge is 2.24. The summed E-state index contributed by atoms with van der Waals surface area (Å²) in [7, 11) is 0. The van der Waals surface area contributed by atoms with E-state index < -0.39 is 5.63 Å². The molecule has 1 aliphatic rings. The van der Waals surface area contributed by atoms with Crippen LogP contribution in [0.5, 0.6) is 11.5 Å². The molecule has 1 aromatic carbocycles. The zero-order chi connectivity index (χ0) is 18.5. The number of amides is 1. The molecule has 1 aromatic heterocycles. The van der Waals surface area contributed by atoms with Crippen LogP contribution in [0.3, 0.4) is 0 Å². The molecule has 0 spiro atoms. The number of rotatable bonds is 5. The van der Waals surface area contributed by atoms with Crippen molar-refractivity contribution < 1.29 is 18.7 Å². The van der Waals surface area contributed by atoms with Crippen molar-refractivity contribution in [2.24, 2.45) is 0 Å². The molecule has 0 radical (unpaired) electrons. The molecule has 0 unspecified atom stereocenters. The largest absolute Gasteiger partial charge is 0.490 e. The molecular formula is C20H23NO5. The summed E-state index contributed by atoms with van der Waals surface area (Å²) in [5.74, 6) is 1.75. The standard InChI is InChI=1S/C20H23NO5/c1-14-5-3-4-6-18(14)24-13-19(22)21-9-7-16(8-10-21)26-17-11-15(2)25-20(23)12-17/h3-6,11-12,16H,7-10,13H2,1-2H3. The fourth-order valence-electron chi connectivity index (χ4n) is 3.01. The van der Waals surface area contributed by atoms with Crippen LogP contribution in [0.1, 0.15) is 24.2 Å². The number of likely N-dealkylation sites (tertiary alicyclic amines) is 1. The Kier molecular flexibility index (Phi) is 5.61. The van der Waals surface area contributed by atoms with E-state index in [1.165, 1.54) is 6.07 Å². The number of nitrogens with zero attached hydrogens (tertiary/aromatic N) is 1. The Morgan fingerprint density at radius 1 is 1.19 bits per heavy atom. The van der Waals surface area contributed by atoms with Crippen LogP contribution in [-0.4, -0.2) is 36.6 Å². The van der Waals surface area contributed by atoms with E-state index in [2.05, 4.69) is 0 Å². The number of piperidine rings is 1. The van der Waals surface area contributed by atoms with E-state index in [0.29, 0.717) is 24.6 Å². The molecular weight excluding hydrogens is 334 g/mol. The van der Waals surface area contributed by atoms with Crippen LogP contribution in [0.25, 0.3) is 0 Å². The molecule has 1 amide bonds. The zero-order valence-corrected chi connectivity index (χ0v) is 15.1. The van der Waals surface area contributed by atoms with Gasteiger partial charge in [-0.1, -0.05) is 18.2 Å². The molecule has 2 heterocycles. The van der Waals surface area contributed by atoms with Gasteiger partial charge >= 0.3 is 5.63 Å². The maximum absolute atomic E-state index is 12.3. The normalized spacial score (nSPS) is 14.9. The second kappa shape index (κ2) is 8.08. The highest BCUT2D eigenvalue weighted by Crippen LogP contribution is 2.20. The molecule has 0 aliphatic carbocycles. The highest BCUT2D eigenvalue weighted by molar-refractivity contribution is 5.77. The number of aryl methyl sites for hydroxylation is 2. The number of para-hydroxylation sites is 1. The van der Waals surface area contributed by atoms with Crippen molar-refractivity contribution in [3.8, 4) is 11.5 Å². The molecule has 0 atom stereocenters. The van der Waals surface area contributed by atoms with Crippen LogP contribution < -0.4 is 15.1 Å². The quantitative estimate of drug-likeness (QED) is 0.823. The second-order valence-corrected chi connectivity index (χ2v) is 6.47. The van der Waals surface area contributed by atoms with Crippen molar-refractivity contribution in [2.75, 3.05) is 19.7 Å². The number of carbonyl (C=O) groups excluding carboxylic acids is 1. The molecule has 2 aromatic rings. The summed E-state index contributed by atoms with van der Waals surface area (Å²) in [6.45, 7) is 4.93. The minimum absolute atomic E-state index is 0.0162. The summed E-state index contributed by atoms with van der Waals surface area (Å²) in [5, 5.41) is 0. The van der Waals surface area contributed by atoms with Gasteiger partial charge in [0, 0.05) is 32.0 Å². The van der Waals surface area contributed by atoms with Crippen LogP contribution in [0.15, 0.2) is 45.6 Å². The predicted octanol–water partition coefficient (Wildman–Crippen LogP) is 2.71. The third-order valence-electron chi connectivity index (χ3n) is 4.41. The lowest BCUT2D eigenvalue weighted by atomic mass is 10.1. The van der Waals surface area contributed by atoms with Gasteiger partial charge < -0.3 is 18.8 Å². The van der Waals surface area contributed by atoms with Crippen molar-refractivity contribution in [1.82, 2.24) is 4.90 Å². The van der Waals surface area contributed by atoms with Gasteiger partial charge in [0.15, 0.2) is 6.61 Å². The van der Waals surface area contributed by atoms with Crippen LogP contribution in [-0.2, 0) is 4.79 Å². The maximum Gasteiger partial charge on any atom is 0.339 e. The Balaban J connectivity index is 1.47. The summed E-state index contributed by atoms with van der Waals surface area (Å²) < 4.78 is 16.4. The van der Waals surface area contributed by atoms with Gasteiger partial charge in [0.25, 0.3) is 5.91 Å². The predicted molar refractivity (Wildman–Crippen MR) is 96.6 cm³/mol. The van der Waals surface area contributed by atoms with Crippen molar-refractivity contribution >= 4 is 5.91 Å². The maximum atomic E-state index is 12.3. The second-order valence-electron chi connectivity index (χ2n) is 6.47. The summed E-state index contributed by atoms with van der Waals surface area (Å²) in [6, 6.07) is 10.7. The number of benzene rings is 1. The van der Waals surface area contributed by atoms with Gasteiger partial charge in [-0.3, -0.25) is 4.79 Å². The first-order chi connectivity index (χ1) is 12.5. The van der Waals surface area contributed by atoms with E-state index in [-0.39, 0.29) is 18.6 Å². The van der Waals surface area contributed by atoms with Gasteiger partial charge in [-0.2, -0.15) is 0 Å². The van der Waals surface area contributed by atoms with E-state index in [9.17, 15) is 9.59 Å². The van der Waals surface area contributed by atoms with Crippen LogP contribution in [0.4, 0.5) is 0 Å². The Morgan fingerprint density at radius 2 is 1.92 bits per heavy atom. The summed E-state index contributed by atoms with van der Waals surface area (Å²) in [6.07, 6.45) is 1.42. The molecule has 1 aliphatic heterocycles. The molecule has 138 valence electrons. The van der Waals surface area contributed by atoms with Crippen molar-refractivity contribution in [3.05, 3.63) is 58.1 Å². The molecule has 6 nitrogen and oxygen atoms in total. The van der Waals surface area contributed by atoms with Gasteiger partial charge in [-0.05, 0) is 25.5 Å². The third-order valence-corrected chi connectivity index (χ3v) is 4.41. The average Bonchev–Trinajstić information content (AvgIpc) is 2.60. The topological polar surface area (TPSA) is 69.0 Å².